The molecule has 2 N–H and O–H groups in total. The zero-order valence-corrected chi connectivity index (χ0v) is 9.59. The Labute approximate surface area is 98.7 Å². The van der Waals surface area contributed by atoms with Gasteiger partial charge in [0.1, 0.15) is 11.0 Å². The van der Waals surface area contributed by atoms with E-state index in [0.717, 1.165) is 15.4 Å². The Morgan fingerprint density at radius 1 is 1.38 bits per heavy atom. The van der Waals surface area contributed by atoms with Crippen molar-refractivity contribution in [3.8, 4) is 0 Å². The standard InChI is InChI=1S/C9H6N4OS2/c10-5-1-2-7-6(3-5)12-8(14-7)16-9-13-11-4-15-9/h1-4H,10H2. The van der Waals surface area contributed by atoms with Crippen LogP contribution in [0.1, 0.15) is 0 Å². The quantitative estimate of drug-likeness (QED) is 0.704. The maximum Gasteiger partial charge on any atom is 0.264 e. The van der Waals surface area contributed by atoms with E-state index in [1.807, 2.05) is 6.07 Å². The summed E-state index contributed by atoms with van der Waals surface area (Å²) in [6.45, 7) is 0. The second-order valence-electron chi connectivity index (χ2n) is 3.01. The Morgan fingerprint density at radius 2 is 2.31 bits per heavy atom. The van der Waals surface area contributed by atoms with Crippen LogP contribution in [0.15, 0.2) is 37.7 Å². The van der Waals surface area contributed by atoms with E-state index in [9.17, 15) is 0 Å². The number of aromatic nitrogens is 3. The van der Waals surface area contributed by atoms with Crippen LogP contribution in [0.25, 0.3) is 11.1 Å². The molecule has 0 saturated heterocycles. The van der Waals surface area contributed by atoms with Crippen molar-refractivity contribution in [2.75, 3.05) is 5.73 Å². The first-order chi connectivity index (χ1) is 7.81. The molecular formula is C9H6N4OS2. The minimum absolute atomic E-state index is 0.553. The fraction of sp³-hybridized carbons (Fsp3) is 0. The molecular weight excluding hydrogens is 244 g/mol. The summed E-state index contributed by atoms with van der Waals surface area (Å²) < 4.78 is 6.34. The summed E-state index contributed by atoms with van der Waals surface area (Å²) in [7, 11) is 0. The average Bonchev–Trinajstić information content (AvgIpc) is 2.86. The van der Waals surface area contributed by atoms with Crippen molar-refractivity contribution in [3.63, 3.8) is 0 Å². The molecule has 16 heavy (non-hydrogen) atoms. The summed E-state index contributed by atoms with van der Waals surface area (Å²) >= 11 is 2.80. The Balaban J connectivity index is 1.99. The SMILES string of the molecule is Nc1ccc2oc(Sc3nncs3)nc2c1. The van der Waals surface area contributed by atoms with Crippen LogP contribution in [0.4, 0.5) is 5.69 Å². The molecule has 0 amide bonds. The first kappa shape index (κ1) is 9.61. The van der Waals surface area contributed by atoms with Crippen LogP contribution in [-0.2, 0) is 0 Å². The van der Waals surface area contributed by atoms with Crippen LogP contribution < -0.4 is 5.73 Å². The average molecular weight is 250 g/mol. The van der Waals surface area contributed by atoms with Gasteiger partial charge in [-0.25, -0.2) is 4.98 Å². The van der Waals surface area contributed by atoms with Gasteiger partial charge in [0.25, 0.3) is 5.22 Å². The number of benzene rings is 1. The zero-order chi connectivity index (χ0) is 11.0. The lowest BCUT2D eigenvalue weighted by Crippen LogP contribution is -1.82. The summed E-state index contributed by atoms with van der Waals surface area (Å²) in [5, 5.41) is 8.20. The normalized spacial score (nSPS) is 11.0. The Morgan fingerprint density at radius 3 is 3.12 bits per heavy atom. The van der Waals surface area contributed by atoms with E-state index in [0.29, 0.717) is 10.9 Å². The molecule has 0 aliphatic heterocycles. The highest BCUT2D eigenvalue weighted by molar-refractivity contribution is 8.00. The molecule has 7 heteroatoms. The van der Waals surface area contributed by atoms with Gasteiger partial charge in [-0.15, -0.1) is 10.2 Å². The monoisotopic (exact) mass is 250 g/mol. The maximum absolute atomic E-state index is 5.66. The molecule has 80 valence electrons. The van der Waals surface area contributed by atoms with E-state index in [4.69, 9.17) is 10.2 Å². The maximum atomic E-state index is 5.66. The van der Waals surface area contributed by atoms with Gasteiger partial charge in [0.15, 0.2) is 9.92 Å². The van der Waals surface area contributed by atoms with Crippen molar-refractivity contribution in [3.05, 3.63) is 23.7 Å². The highest BCUT2D eigenvalue weighted by Gasteiger charge is 2.09. The van der Waals surface area contributed by atoms with Crippen molar-refractivity contribution >= 4 is 39.9 Å². The molecule has 2 aromatic heterocycles. The highest BCUT2D eigenvalue weighted by atomic mass is 32.2. The zero-order valence-electron chi connectivity index (χ0n) is 7.95. The molecule has 0 atom stereocenters. The highest BCUT2D eigenvalue weighted by Crippen LogP contribution is 2.30. The van der Waals surface area contributed by atoms with Crippen LogP contribution >= 0.6 is 23.1 Å². The van der Waals surface area contributed by atoms with E-state index >= 15 is 0 Å². The van der Waals surface area contributed by atoms with Crippen molar-refractivity contribution in [2.24, 2.45) is 0 Å². The van der Waals surface area contributed by atoms with E-state index in [1.165, 1.54) is 23.1 Å². The second kappa shape index (κ2) is 3.76. The van der Waals surface area contributed by atoms with Gasteiger partial charge in [0.2, 0.25) is 0 Å². The third-order valence-corrected chi connectivity index (χ3v) is 3.53. The van der Waals surface area contributed by atoms with Crippen LogP contribution in [-0.4, -0.2) is 15.2 Å². The number of anilines is 1. The van der Waals surface area contributed by atoms with E-state index in [-0.39, 0.29) is 0 Å². The van der Waals surface area contributed by atoms with Gasteiger partial charge in [-0.1, -0.05) is 11.3 Å². The van der Waals surface area contributed by atoms with Crippen molar-refractivity contribution in [1.82, 2.24) is 15.2 Å². The molecule has 3 rings (SSSR count). The smallest absolute Gasteiger partial charge is 0.264 e. The van der Waals surface area contributed by atoms with Gasteiger partial charge in [-0.05, 0) is 18.2 Å². The van der Waals surface area contributed by atoms with Gasteiger partial charge in [0.05, 0.1) is 0 Å². The summed E-state index contributed by atoms with van der Waals surface area (Å²) in [5.74, 6) is 0. The molecule has 0 spiro atoms. The first-order valence-corrected chi connectivity index (χ1v) is 6.11. The summed E-state index contributed by atoms with van der Waals surface area (Å²) in [5.41, 5.74) is 9.48. The fourth-order valence-electron chi connectivity index (χ4n) is 1.25. The van der Waals surface area contributed by atoms with Crippen molar-refractivity contribution in [2.45, 2.75) is 9.56 Å². The summed E-state index contributed by atoms with van der Waals surface area (Å²) in [4.78, 5) is 4.30. The lowest BCUT2D eigenvalue weighted by atomic mass is 10.3. The molecule has 2 heterocycles. The number of fused-ring (bicyclic) bond motifs is 1. The third-order valence-electron chi connectivity index (χ3n) is 1.91. The minimum atomic E-state index is 0.553. The van der Waals surface area contributed by atoms with E-state index in [2.05, 4.69) is 15.2 Å². The van der Waals surface area contributed by atoms with E-state index in [1.54, 1.807) is 17.6 Å². The molecule has 1 aromatic carbocycles. The minimum Gasteiger partial charge on any atom is -0.431 e. The Hall–Kier alpha value is -1.60. The van der Waals surface area contributed by atoms with Gasteiger partial charge < -0.3 is 10.2 Å². The van der Waals surface area contributed by atoms with Crippen LogP contribution in [0.5, 0.6) is 0 Å². The lowest BCUT2D eigenvalue weighted by molar-refractivity contribution is 0.489. The van der Waals surface area contributed by atoms with Gasteiger partial charge >= 0.3 is 0 Å². The molecule has 0 unspecified atom stereocenters. The number of hydrogen-bond donors (Lipinski definition) is 1. The Bertz CT molecular complexity index is 620. The number of nitrogens with two attached hydrogens (primary N) is 1. The van der Waals surface area contributed by atoms with Crippen molar-refractivity contribution < 1.29 is 4.42 Å². The number of rotatable bonds is 2. The van der Waals surface area contributed by atoms with Crippen LogP contribution in [0.2, 0.25) is 0 Å². The molecule has 0 aliphatic rings. The predicted molar refractivity (Wildman–Crippen MR) is 62.5 cm³/mol. The molecule has 0 saturated carbocycles. The molecule has 0 bridgehead atoms. The lowest BCUT2D eigenvalue weighted by Gasteiger charge is -1.88. The Kier molecular flexibility index (Phi) is 2.26. The molecule has 0 radical (unpaired) electrons. The third kappa shape index (κ3) is 1.74. The van der Waals surface area contributed by atoms with E-state index < -0.39 is 0 Å². The molecule has 5 nitrogen and oxygen atoms in total. The van der Waals surface area contributed by atoms with Gasteiger partial charge in [-0.3, -0.25) is 0 Å². The summed E-state index contributed by atoms with van der Waals surface area (Å²) in [6.07, 6.45) is 0. The largest absolute Gasteiger partial charge is 0.431 e. The molecule has 3 aromatic rings. The van der Waals surface area contributed by atoms with Crippen molar-refractivity contribution in [1.29, 1.82) is 0 Å². The number of oxazole rings is 1. The number of hydrogen-bond acceptors (Lipinski definition) is 7. The summed E-state index contributed by atoms with van der Waals surface area (Å²) in [6, 6.07) is 5.37. The number of nitrogen functional groups attached to an aromatic ring is 1. The van der Waals surface area contributed by atoms with Gasteiger partial charge in [-0.2, -0.15) is 0 Å². The van der Waals surface area contributed by atoms with Gasteiger partial charge in [0, 0.05) is 17.4 Å². The van der Waals surface area contributed by atoms with Crippen LogP contribution in [0, 0.1) is 0 Å². The second-order valence-corrected chi connectivity index (χ2v) is 5.05. The number of nitrogens with zero attached hydrogens (tertiary/aromatic N) is 3. The first-order valence-electron chi connectivity index (χ1n) is 4.41. The van der Waals surface area contributed by atoms with Crippen LogP contribution in [0.3, 0.4) is 0 Å². The predicted octanol–water partition coefficient (Wildman–Crippen LogP) is 2.41. The molecule has 0 aliphatic carbocycles. The topological polar surface area (TPSA) is 77.8 Å². The molecule has 0 fully saturated rings. The fourth-order valence-corrected chi connectivity index (χ4v) is 2.58.